The summed E-state index contributed by atoms with van der Waals surface area (Å²) in [5.74, 6) is 0.663. The van der Waals surface area contributed by atoms with E-state index in [0.29, 0.717) is 16.2 Å². The van der Waals surface area contributed by atoms with E-state index in [-0.39, 0.29) is 0 Å². The van der Waals surface area contributed by atoms with Crippen LogP contribution in [0, 0.1) is 5.92 Å². The molecule has 1 aromatic rings. The van der Waals surface area contributed by atoms with Gasteiger partial charge in [-0.15, -0.1) is 0 Å². The smallest absolute Gasteiger partial charge is 0.191 e. The lowest BCUT2D eigenvalue weighted by molar-refractivity contribution is 0.256. The summed E-state index contributed by atoms with van der Waals surface area (Å²) in [6.45, 7) is 17.0. The Labute approximate surface area is 141 Å². The number of hydrogen-bond acceptors (Lipinski definition) is 4. The van der Waals surface area contributed by atoms with Crippen LogP contribution in [0.4, 0.5) is 0 Å². The van der Waals surface area contributed by atoms with Gasteiger partial charge in [-0.3, -0.25) is 0 Å². The standard InChI is InChI=1S/C17H32N2OSSi/c1-14(9-12-20-22(6,7)17(3,4)5)13-15(2)21-16-18-10-8-11-19-16/h8,10-11,14-15H,9,12-13H2,1-7H3/t14-,15-/m1/s1. The van der Waals surface area contributed by atoms with E-state index in [0.717, 1.165) is 18.2 Å². The molecule has 0 aliphatic heterocycles. The first-order chi connectivity index (χ1) is 10.1. The molecule has 0 radical (unpaired) electrons. The quantitative estimate of drug-likeness (QED) is 0.361. The van der Waals surface area contributed by atoms with Gasteiger partial charge in [-0.25, -0.2) is 9.97 Å². The van der Waals surface area contributed by atoms with Crippen LogP contribution in [0.25, 0.3) is 0 Å². The molecule has 126 valence electrons. The Hall–Kier alpha value is -0.393. The monoisotopic (exact) mass is 340 g/mol. The van der Waals surface area contributed by atoms with E-state index in [4.69, 9.17) is 4.43 Å². The number of rotatable bonds is 8. The fourth-order valence-electron chi connectivity index (χ4n) is 1.99. The van der Waals surface area contributed by atoms with E-state index in [1.54, 1.807) is 24.2 Å². The molecule has 5 heteroatoms. The molecule has 0 bridgehead atoms. The molecule has 1 rings (SSSR count). The van der Waals surface area contributed by atoms with Gasteiger partial charge in [0.05, 0.1) is 0 Å². The minimum absolute atomic E-state index is 0.296. The molecule has 3 nitrogen and oxygen atoms in total. The summed E-state index contributed by atoms with van der Waals surface area (Å²) in [6.07, 6.45) is 5.91. The van der Waals surface area contributed by atoms with Gasteiger partial charge in [0, 0.05) is 24.3 Å². The zero-order valence-electron chi connectivity index (χ0n) is 15.2. The minimum Gasteiger partial charge on any atom is -0.417 e. The molecule has 0 N–H and O–H groups in total. The molecule has 0 aliphatic carbocycles. The number of thioether (sulfide) groups is 1. The third-order valence-electron chi connectivity index (χ3n) is 4.46. The largest absolute Gasteiger partial charge is 0.417 e. The Morgan fingerprint density at radius 1 is 1.18 bits per heavy atom. The van der Waals surface area contributed by atoms with Gasteiger partial charge in [0.2, 0.25) is 0 Å². The third-order valence-corrected chi connectivity index (χ3v) is 10.0. The van der Waals surface area contributed by atoms with Gasteiger partial charge < -0.3 is 4.43 Å². The van der Waals surface area contributed by atoms with Gasteiger partial charge in [0.1, 0.15) is 0 Å². The first-order valence-electron chi connectivity index (χ1n) is 8.19. The molecule has 0 aliphatic rings. The van der Waals surface area contributed by atoms with Gasteiger partial charge in [0.15, 0.2) is 13.5 Å². The van der Waals surface area contributed by atoms with Crippen LogP contribution in [0.3, 0.4) is 0 Å². The number of aromatic nitrogens is 2. The zero-order valence-corrected chi connectivity index (χ0v) is 17.0. The molecule has 1 aromatic heterocycles. The van der Waals surface area contributed by atoms with Crippen LogP contribution >= 0.6 is 11.8 Å². The van der Waals surface area contributed by atoms with Crippen LogP contribution in [-0.2, 0) is 4.43 Å². The molecule has 0 saturated heterocycles. The topological polar surface area (TPSA) is 35.0 Å². The van der Waals surface area contributed by atoms with Crippen molar-refractivity contribution in [2.24, 2.45) is 5.92 Å². The summed E-state index contributed by atoms with van der Waals surface area (Å²) in [5.41, 5.74) is 0. The summed E-state index contributed by atoms with van der Waals surface area (Å²) in [7, 11) is -1.60. The maximum atomic E-state index is 6.27. The molecule has 0 amide bonds. The summed E-state index contributed by atoms with van der Waals surface area (Å²) in [6, 6.07) is 1.86. The van der Waals surface area contributed by atoms with E-state index in [2.05, 4.69) is 57.7 Å². The minimum atomic E-state index is -1.60. The van der Waals surface area contributed by atoms with Crippen molar-refractivity contribution in [3.8, 4) is 0 Å². The molecular formula is C17H32N2OSSi. The molecule has 0 fully saturated rings. The van der Waals surface area contributed by atoms with Gasteiger partial charge in [-0.2, -0.15) is 0 Å². The average molecular weight is 341 g/mol. The Kier molecular flexibility index (Phi) is 7.55. The fraction of sp³-hybridized carbons (Fsp3) is 0.765. The Bertz CT molecular complexity index is 434. The second kappa shape index (κ2) is 8.46. The van der Waals surface area contributed by atoms with Crippen LogP contribution < -0.4 is 0 Å². The van der Waals surface area contributed by atoms with Gasteiger partial charge in [0.25, 0.3) is 0 Å². The highest BCUT2D eigenvalue weighted by Gasteiger charge is 2.36. The first kappa shape index (κ1) is 19.7. The van der Waals surface area contributed by atoms with Crippen molar-refractivity contribution in [3.63, 3.8) is 0 Å². The van der Waals surface area contributed by atoms with E-state index in [1.165, 1.54) is 6.42 Å². The van der Waals surface area contributed by atoms with Crippen LogP contribution in [0.5, 0.6) is 0 Å². The predicted molar refractivity (Wildman–Crippen MR) is 98.9 cm³/mol. The summed E-state index contributed by atoms with van der Waals surface area (Å²) < 4.78 is 6.27. The SMILES string of the molecule is C[C@H](CCO[Si](C)(C)C(C)(C)C)C[C@@H](C)Sc1ncccn1. The summed E-state index contributed by atoms with van der Waals surface area (Å²) >= 11 is 1.76. The van der Waals surface area contributed by atoms with Gasteiger partial charge in [-0.05, 0) is 43.0 Å². The highest BCUT2D eigenvalue weighted by atomic mass is 32.2. The Morgan fingerprint density at radius 3 is 2.32 bits per heavy atom. The average Bonchev–Trinajstić information content (AvgIpc) is 2.37. The highest BCUT2D eigenvalue weighted by molar-refractivity contribution is 7.99. The van der Waals surface area contributed by atoms with Gasteiger partial charge >= 0.3 is 0 Å². The van der Waals surface area contributed by atoms with E-state index in [9.17, 15) is 0 Å². The summed E-state index contributed by atoms with van der Waals surface area (Å²) in [5, 5.41) is 1.70. The first-order valence-corrected chi connectivity index (χ1v) is 12.0. The Balaban J connectivity index is 2.30. The van der Waals surface area contributed by atoms with E-state index in [1.807, 2.05) is 6.07 Å². The lowest BCUT2D eigenvalue weighted by atomic mass is 10.0. The highest BCUT2D eigenvalue weighted by Crippen LogP contribution is 2.36. The van der Waals surface area contributed by atoms with Crippen molar-refractivity contribution < 1.29 is 4.43 Å². The third kappa shape index (κ3) is 6.80. The zero-order chi connectivity index (χ0) is 16.8. The second-order valence-corrected chi connectivity index (χ2v) is 13.9. The van der Waals surface area contributed by atoms with Crippen LogP contribution in [0.2, 0.25) is 18.1 Å². The van der Waals surface area contributed by atoms with E-state index < -0.39 is 8.32 Å². The molecule has 0 saturated carbocycles. The van der Waals surface area contributed by atoms with Crippen molar-refractivity contribution in [1.29, 1.82) is 0 Å². The maximum Gasteiger partial charge on any atom is 0.191 e. The fourth-order valence-corrected chi connectivity index (χ4v) is 4.08. The van der Waals surface area contributed by atoms with Crippen molar-refractivity contribution in [2.75, 3.05) is 6.61 Å². The predicted octanol–water partition coefficient (Wildman–Crippen LogP) is 5.40. The lowest BCUT2D eigenvalue weighted by Gasteiger charge is -2.36. The molecular weight excluding hydrogens is 308 g/mol. The molecule has 0 spiro atoms. The van der Waals surface area contributed by atoms with Crippen molar-refractivity contribution in [2.45, 2.75) is 76.0 Å². The van der Waals surface area contributed by atoms with Crippen molar-refractivity contribution in [1.82, 2.24) is 9.97 Å². The van der Waals surface area contributed by atoms with Crippen molar-refractivity contribution >= 4 is 20.1 Å². The Morgan fingerprint density at radius 2 is 1.77 bits per heavy atom. The lowest BCUT2D eigenvalue weighted by Crippen LogP contribution is -2.41. The molecule has 1 heterocycles. The maximum absolute atomic E-state index is 6.27. The number of hydrogen-bond donors (Lipinski definition) is 0. The molecule has 0 aromatic carbocycles. The molecule has 0 unspecified atom stereocenters. The van der Waals surface area contributed by atoms with Crippen molar-refractivity contribution in [3.05, 3.63) is 18.5 Å². The van der Waals surface area contributed by atoms with Gasteiger partial charge in [-0.1, -0.05) is 46.4 Å². The number of nitrogens with zero attached hydrogens (tertiary/aromatic N) is 2. The molecule has 22 heavy (non-hydrogen) atoms. The second-order valence-electron chi connectivity index (χ2n) is 7.70. The van der Waals surface area contributed by atoms with Crippen LogP contribution in [-0.4, -0.2) is 30.1 Å². The summed E-state index contributed by atoms with van der Waals surface area (Å²) in [4.78, 5) is 8.56. The molecule has 2 atom stereocenters. The van der Waals surface area contributed by atoms with Crippen LogP contribution in [0.15, 0.2) is 23.6 Å². The van der Waals surface area contributed by atoms with E-state index >= 15 is 0 Å². The normalized spacial score (nSPS) is 15.6. The van der Waals surface area contributed by atoms with Crippen LogP contribution in [0.1, 0.15) is 47.5 Å².